The van der Waals surface area contributed by atoms with Gasteiger partial charge < -0.3 is 16.4 Å². The van der Waals surface area contributed by atoms with Gasteiger partial charge in [-0.3, -0.25) is 15.0 Å². The van der Waals surface area contributed by atoms with E-state index in [1.165, 1.54) is 5.57 Å². The molecule has 6 nitrogen and oxygen atoms in total. The number of carbonyl (C=O) groups is 2. The van der Waals surface area contributed by atoms with Crippen LogP contribution in [0.4, 0.5) is 0 Å². The fourth-order valence-corrected chi connectivity index (χ4v) is 3.55. The highest BCUT2D eigenvalue weighted by Crippen LogP contribution is 2.30. The van der Waals surface area contributed by atoms with Gasteiger partial charge >= 0.3 is 0 Å². The number of amidine groups is 1. The molecular weight excluding hydrogens is 376 g/mol. The van der Waals surface area contributed by atoms with E-state index in [-0.39, 0.29) is 23.6 Å². The Morgan fingerprint density at radius 1 is 1.13 bits per heavy atom. The van der Waals surface area contributed by atoms with E-state index in [1.807, 2.05) is 36.4 Å². The second-order valence-corrected chi connectivity index (χ2v) is 7.62. The molecule has 3 rings (SSSR count). The summed E-state index contributed by atoms with van der Waals surface area (Å²) in [5.74, 6) is -0.559. The minimum Gasteiger partial charge on any atom is -0.384 e. The molecule has 2 atom stereocenters. The van der Waals surface area contributed by atoms with Crippen LogP contribution in [0, 0.1) is 11.3 Å². The third-order valence-corrected chi connectivity index (χ3v) is 5.33. The molecule has 2 aromatic rings. The maximum Gasteiger partial charge on any atom is 0.242 e. The van der Waals surface area contributed by atoms with Gasteiger partial charge in [-0.25, -0.2) is 0 Å². The molecule has 0 saturated heterocycles. The van der Waals surface area contributed by atoms with E-state index in [9.17, 15) is 9.59 Å². The Bertz CT molecular complexity index is 935. The minimum absolute atomic E-state index is 0.00843. The van der Waals surface area contributed by atoms with Crippen LogP contribution in [0.5, 0.6) is 0 Å². The third-order valence-electron chi connectivity index (χ3n) is 5.33. The Labute approximate surface area is 177 Å². The number of benzene rings is 2. The van der Waals surface area contributed by atoms with Crippen LogP contribution in [0.1, 0.15) is 42.9 Å². The fourth-order valence-electron chi connectivity index (χ4n) is 3.55. The van der Waals surface area contributed by atoms with E-state index >= 15 is 0 Å². The Hall–Kier alpha value is -3.41. The number of allylic oxidation sites excluding steroid dienone is 1. The maximum absolute atomic E-state index is 12.7. The van der Waals surface area contributed by atoms with Crippen LogP contribution in [-0.2, 0) is 16.1 Å². The SMILES string of the molecule is C[C@H](NC(=O)[C@H]1C=C(c2ccccc2)CCC1)C(=O)NCc1ccc(C(=N)N)cc1. The molecule has 0 aromatic heterocycles. The number of nitrogen functional groups attached to an aromatic ring is 1. The summed E-state index contributed by atoms with van der Waals surface area (Å²) >= 11 is 0. The van der Waals surface area contributed by atoms with Crippen molar-refractivity contribution >= 4 is 23.2 Å². The van der Waals surface area contributed by atoms with E-state index in [0.29, 0.717) is 12.1 Å². The Morgan fingerprint density at radius 3 is 2.50 bits per heavy atom. The zero-order valence-electron chi connectivity index (χ0n) is 17.2. The van der Waals surface area contributed by atoms with E-state index in [2.05, 4.69) is 22.8 Å². The summed E-state index contributed by atoms with van der Waals surface area (Å²) in [4.78, 5) is 25.1. The van der Waals surface area contributed by atoms with E-state index < -0.39 is 6.04 Å². The molecule has 1 aliphatic carbocycles. The molecule has 6 heteroatoms. The summed E-state index contributed by atoms with van der Waals surface area (Å²) in [6.45, 7) is 2.04. The van der Waals surface area contributed by atoms with Crippen molar-refractivity contribution in [2.45, 2.75) is 38.8 Å². The highest BCUT2D eigenvalue weighted by molar-refractivity contribution is 5.95. The lowest BCUT2D eigenvalue weighted by Gasteiger charge is -2.23. The Kier molecular flexibility index (Phi) is 7.01. The van der Waals surface area contributed by atoms with Crippen LogP contribution < -0.4 is 16.4 Å². The fraction of sp³-hybridized carbons (Fsp3) is 0.292. The monoisotopic (exact) mass is 404 g/mol. The molecule has 30 heavy (non-hydrogen) atoms. The third kappa shape index (κ3) is 5.56. The van der Waals surface area contributed by atoms with Crippen LogP contribution in [-0.4, -0.2) is 23.7 Å². The molecular formula is C24H28N4O2. The number of nitrogens with one attached hydrogen (secondary N) is 3. The second kappa shape index (κ2) is 9.87. The first kappa shape index (κ1) is 21.3. The second-order valence-electron chi connectivity index (χ2n) is 7.62. The Balaban J connectivity index is 1.53. The summed E-state index contributed by atoms with van der Waals surface area (Å²) in [6, 6.07) is 16.6. The normalized spacial score (nSPS) is 16.8. The average Bonchev–Trinajstić information content (AvgIpc) is 2.78. The van der Waals surface area contributed by atoms with Crippen molar-refractivity contribution in [3.8, 4) is 0 Å². The van der Waals surface area contributed by atoms with Crippen molar-refractivity contribution in [2.24, 2.45) is 11.7 Å². The van der Waals surface area contributed by atoms with E-state index in [1.54, 1.807) is 19.1 Å². The van der Waals surface area contributed by atoms with Crippen molar-refractivity contribution in [1.82, 2.24) is 10.6 Å². The maximum atomic E-state index is 12.7. The average molecular weight is 405 g/mol. The zero-order valence-corrected chi connectivity index (χ0v) is 17.2. The van der Waals surface area contributed by atoms with Crippen LogP contribution in [0.15, 0.2) is 60.7 Å². The molecule has 0 fully saturated rings. The molecule has 0 saturated carbocycles. The van der Waals surface area contributed by atoms with Crippen molar-refractivity contribution in [3.05, 3.63) is 77.4 Å². The summed E-state index contributed by atoms with van der Waals surface area (Å²) in [6.07, 6.45) is 4.75. The highest BCUT2D eigenvalue weighted by Gasteiger charge is 2.24. The number of carbonyl (C=O) groups excluding carboxylic acids is 2. The number of nitrogens with two attached hydrogens (primary N) is 1. The van der Waals surface area contributed by atoms with Crippen LogP contribution in [0.2, 0.25) is 0 Å². The molecule has 0 heterocycles. The van der Waals surface area contributed by atoms with Gasteiger partial charge in [0.05, 0.1) is 5.92 Å². The van der Waals surface area contributed by atoms with Gasteiger partial charge in [0, 0.05) is 12.1 Å². The van der Waals surface area contributed by atoms with Gasteiger partial charge in [0.2, 0.25) is 11.8 Å². The van der Waals surface area contributed by atoms with Gasteiger partial charge in [0.15, 0.2) is 0 Å². The van der Waals surface area contributed by atoms with Crippen molar-refractivity contribution in [3.63, 3.8) is 0 Å². The summed E-state index contributed by atoms with van der Waals surface area (Å²) in [5, 5.41) is 13.1. The molecule has 0 spiro atoms. The molecule has 156 valence electrons. The van der Waals surface area contributed by atoms with E-state index in [4.69, 9.17) is 11.1 Å². The minimum atomic E-state index is -0.621. The lowest BCUT2D eigenvalue weighted by molar-refractivity contribution is -0.130. The van der Waals surface area contributed by atoms with Crippen molar-refractivity contribution in [1.29, 1.82) is 5.41 Å². The number of hydrogen-bond acceptors (Lipinski definition) is 3. The topological polar surface area (TPSA) is 108 Å². The number of rotatable bonds is 7. The first-order chi connectivity index (χ1) is 14.4. The van der Waals surface area contributed by atoms with Gasteiger partial charge in [0.25, 0.3) is 0 Å². The molecule has 0 aliphatic heterocycles. The van der Waals surface area contributed by atoms with Crippen molar-refractivity contribution in [2.75, 3.05) is 0 Å². The molecule has 0 radical (unpaired) electrons. The van der Waals surface area contributed by atoms with Crippen LogP contribution in [0.25, 0.3) is 5.57 Å². The zero-order chi connectivity index (χ0) is 21.5. The predicted molar refractivity (Wildman–Crippen MR) is 119 cm³/mol. The Morgan fingerprint density at radius 2 is 1.83 bits per heavy atom. The molecule has 2 amide bonds. The lowest BCUT2D eigenvalue weighted by atomic mass is 9.86. The lowest BCUT2D eigenvalue weighted by Crippen LogP contribution is -2.46. The molecule has 5 N–H and O–H groups in total. The van der Waals surface area contributed by atoms with E-state index in [0.717, 1.165) is 30.4 Å². The smallest absolute Gasteiger partial charge is 0.242 e. The quantitative estimate of drug-likeness (QED) is 0.421. The first-order valence-corrected chi connectivity index (χ1v) is 10.2. The molecule has 2 aromatic carbocycles. The highest BCUT2D eigenvalue weighted by atomic mass is 16.2. The number of hydrogen-bond donors (Lipinski definition) is 4. The number of amides is 2. The summed E-state index contributed by atoms with van der Waals surface area (Å²) in [7, 11) is 0. The van der Waals surface area contributed by atoms with Crippen LogP contribution >= 0.6 is 0 Å². The summed E-state index contributed by atoms with van der Waals surface area (Å²) < 4.78 is 0. The van der Waals surface area contributed by atoms with Gasteiger partial charge in [-0.2, -0.15) is 0 Å². The predicted octanol–water partition coefficient (Wildman–Crippen LogP) is 2.98. The van der Waals surface area contributed by atoms with Gasteiger partial charge in [-0.15, -0.1) is 0 Å². The summed E-state index contributed by atoms with van der Waals surface area (Å²) in [5.41, 5.74) is 9.32. The first-order valence-electron chi connectivity index (χ1n) is 10.2. The van der Waals surface area contributed by atoms with Gasteiger partial charge in [-0.05, 0) is 42.9 Å². The molecule has 1 aliphatic rings. The van der Waals surface area contributed by atoms with Crippen LogP contribution in [0.3, 0.4) is 0 Å². The van der Waals surface area contributed by atoms with Gasteiger partial charge in [-0.1, -0.05) is 60.7 Å². The molecule has 0 bridgehead atoms. The van der Waals surface area contributed by atoms with Gasteiger partial charge in [0.1, 0.15) is 11.9 Å². The van der Waals surface area contributed by atoms with Crippen molar-refractivity contribution < 1.29 is 9.59 Å². The largest absolute Gasteiger partial charge is 0.384 e. The molecule has 0 unspecified atom stereocenters. The standard InChI is InChI=1S/C24H28N4O2/c1-16(23(29)27-15-17-10-12-19(13-11-17)22(25)26)28-24(30)21-9-5-8-20(14-21)18-6-3-2-4-7-18/h2-4,6-7,10-14,16,21H,5,8-9,15H2,1H3,(H3,25,26)(H,27,29)(H,28,30)/t16-,21+/m0/s1.